The molecule has 0 radical (unpaired) electrons. The second-order valence-electron chi connectivity index (χ2n) is 6.09. The molecule has 2 amide bonds. The van der Waals surface area contributed by atoms with Gasteiger partial charge < -0.3 is 15.6 Å². The number of nitrogens with two attached hydrogens (primary N) is 1. The van der Waals surface area contributed by atoms with Crippen LogP contribution in [-0.4, -0.2) is 34.3 Å². The number of piperidine rings is 1. The number of hydrogen-bond donors (Lipinski definition) is 2. The van der Waals surface area contributed by atoms with Crippen LogP contribution in [0.2, 0.25) is 5.02 Å². The van der Waals surface area contributed by atoms with Gasteiger partial charge >= 0.3 is 0 Å². The second kappa shape index (κ2) is 6.62. The van der Waals surface area contributed by atoms with E-state index in [0.717, 1.165) is 35.7 Å². The molecule has 0 saturated carbocycles. The van der Waals surface area contributed by atoms with E-state index in [2.05, 4.69) is 4.98 Å². The molecule has 1 aliphatic heterocycles. The molecule has 3 N–H and O–H groups in total. The highest BCUT2D eigenvalue weighted by atomic mass is 35.5. The Balaban J connectivity index is 1.77. The number of aromatic amines is 1. The third-order valence-corrected chi connectivity index (χ3v) is 4.69. The molecule has 0 bridgehead atoms. The van der Waals surface area contributed by atoms with Crippen molar-refractivity contribution in [2.45, 2.75) is 38.1 Å². The van der Waals surface area contributed by atoms with Crippen LogP contribution >= 0.6 is 11.6 Å². The lowest BCUT2D eigenvalue weighted by Crippen LogP contribution is -2.46. The molecule has 23 heavy (non-hydrogen) atoms. The van der Waals surface area contributed by atoms with Crippen LogP contribution in [-0.2, 0) is 16.0 Å². The summed E-state index contributed by atoms with van der Waals surface area (Å²) in [5.74, 6) is -0.303. The molecule has 1 aromatic heterocycles. The Morgan fingerprint density at radius 1 is 1.35 bits per heavy atom. The van der Waals surface area contributed by atoms with Gasteiger partial charge in [0.1, 0.15) is 0 Å². The molecular formula is C17H20ClN3O2. The molecule has 1 aromatic carbocycles. The van der Waals surface area contributed by atoms with Gasteiger partial charge in [0.05, 0.1) is 6.42 Å². The van der Waals surface area contributed by atoms with E-state index in [1.165, 1.54) is 0 Å². The minimum absolute atomic E-state index is 0.0480. The van der Waals surface area contributed by atoms with Crippen molar-refractivity contribution in [3.63, 3.8) is 0 Å². The minimum atomic E-state index is -0.351. The Kier molecular flexibility index (Phi) is 4.57. The van der Waals surface area contributed by atoms with Crippen LogP contribution in [0.5, 0.6) is 0 Å². The molecule has 1 saturated heterocycles. The van der Waals surface area contributed by atoms with E-state index in [1.54, 1.807) is 0 Å². The SMILES string of the molecule is NC(=O)CC1CCCCN1C(=O)Cc1c[nH]c2cc(Cl)ccc12. The maximum Gasteiger partial charge on any atom is 0.227 e. The predicted octanol–water partition coefficient (Wildman–Crippen LogP) is 2.62. The van der Waals surface area contributed by atoms with Crippen LogP contribution in [0.1, 0.15) is 31.2 Å². The van der Waals surface area contributed by atoms with Crippen LogP contribution in [0.3, 0.4) is 0 Å². The molecule has 1 fully saturated rings. The largest absolute Gasteiger partial charge is 0.370 e. The van der Waals surface area contributed by atoms with Crippen molar-refractivity contribution < 1.29 is 9.59 Å². The molecule has 122 valence electrons. The highest BCUT2D eigenvalue weighted by Gasteiger charge is 2.28. The number of carbonyl (C=O) groups excluding carboxylic acids is 2. The van der Waals surface area contributed by atoms with Crippen molar-refractivity contribution in [1.29, 1.82) is 0 Å². The summed E-state index contributed by atoms with van der Waals surface area (Å²) in [5, 5.41) is 1.67. The van der Waals surface area contributed by atoms with E-state index in [0.29, 0.717) is 18.0 Å². The monoisotopic (exact) mass is 333 g/mol. The number of nitrogens with one attached hydrogen (secondary N) is 1. The highest BCUT2D eigenvalue weighted by molar-refractivity contribution is 6.31. The zero-order valence-electron chi connectivity index (χ0n) is 12.8. The van der Waals surface area contributed by atoms with Gasteiger partial charge in [0, 0.05) is 41.1 Å². The molecule has 6 heteroatoms. The smallest absolute Gasteiger partial charge is 0.227 e. The number of halogens is 1. The summed E-state index contributed by atoms with van der Waals surface area (Å²) in [5.41, 5.74) is 7.19. The minimum Gasteiger partial charge on any atom is -0.370 e. The summed E-state index contributed by atoms with van der Waals surface area (Å²) in [6.07, 6.45) is 5.27. The van der Waals surface area contributed by atoms with E-state index in [1.807, 2.05) is 29.3 Å². The molecule has 1 unspecified atom stereocenters. The van der Waals surface area contributed by atoms with E-state index in [9.17, 15) is 9.59 Å². The Hall–Kier alpha value is -2.01. The van der Waals surface area contributed by atoms with Gasteiger partial charge in [-0.2, -0.15) is 0 Å². The van der Waals surface area contributed by atoms with Crippen molar-refractivity contribution in [2.24, 2.45) is 5.73 Å². The first kappa shape index (κ1) is 15.9. The number of nitrogens with zero attached hydrogens (tertiary/aromatic N) is 1. The molecule has 0 spiro atoms. The number of fused-ring (bicyclic) bond motifs is 1. The van der Waals surface area contributed by atoms with E-state index < -0.39 is 0 Å². The number of likely N-dealkylation sites (tertiary alicyclic amines) is 1. The molecular weight excluding hydrogens is 314 g/mol. The number of H-pyrrole nitrogens is 1. The van der Waals surface area contributed by atoms with Crippen LogP contribution in [0.15, 0.2) is 24.4 Å². The van der Waals surface area contributed by atoms with Gasteiger partial charge in [-0.15, -0.1) is 0 Å². The van der Waals surface area contributed by atoms with Crippen molar-refractivity contribution in [3.8, 4) is 0 Å². The average molecular weight is 334 g/mol. The van der Waals surface area contributed by atoms with Crippen molar-refractivity contribution in [1.82, 2.24) is 9.88 Å². The fourth-order valence-corrected chi connectivity index (χ4v) is 3.51. The van der Waals surface area contributed by atoms with Gasteiger partial charge in [-0.1, -0.05) is 17.7 Å². The van der Waals surface area contributed by atoms with Gasteiger partial charge in [0.25, 0.3) is 0 Å². The fourth-order valence-electron chi connectivity index (χ4n) is 3.34. The average Bonchev–Trinajstić information content (AvgIpc) is 2.89. The van der Waals surface area contributed by atoms with E-state index >= 15 is 0 Å². The van der Waals surface area contributed by atoms with Crippen LogP contribution in [0, 0.1) is 0 Å². The van der Waals surface area contributed by atoms with Gasteiger partial charge in [-0.05, 0) is 37.0 Å². The quantitative estimate of drug-likeness (QED) is 0.902. The maximum atomic E-state index is 12.7. The third kappa shape index (κ3) is 3.50. The standard InChI is InChI=1S/C17H20ClN3O2/c18-12-4-5-14-11(10-20-15(14)8-12)7-17(23)21-6-2-1-3-13(21)9-16(19)22/h4-5,8,10,13,20H,1-3,6-7,9H2,(H2,19,22). The van der Waals surface area contributed by atoms with Gasteiger partial charge in [-0.3, -0.25) is 9.59 Å². The number of rotatable bonds is 4. The van der Waals surface area contributed by atoms with Crippen molar-refractivity contribution >= 4 is 34.3 Å². The molecule has 2 aromatic rings. The normalized spacial score (nSPS) is 18.3. The highest BCUT2D eigenvalue weighted by Crippen LogP contribution is 2.25. The summed E-state index contributed by atoms with van der Waals surface area (Å²) in [7, 11) is 0. The van der Waals surface area contributed by atoms with Crippen LogP contribution < -0.4 is 5.73 Å². The lowest BCUT2D eigenvalue weighted by Gasteiger charge is -2.35. The number of amides is 2. The summed E-state index contributed by atoms with van der Waals surface area (Å²) in [4.78, 5) is 28.9. The zero-order chi connectivity index (χ0) is 16.4. The third-order valence-electron chi connectivity index (χ3n) is 4.46. The maximum absolute atomic E-state index is 12.7. The summed E-state index contributed by atoms with van der Waals surface area (Å²) in [6, 6.07) is 5.53. The van der Waals surface area contributed by atoms with E-state index in [-0.39, 0.29) is 24.3 Å². The lowest BCUT2D eigenvalue weighted by molar-refractivity contribution is -0.135. The predicted molar refractivity (Wildman–Crippen MR) is 90.2 cm³/mol. The molecule has 1 aliphatic rings. The summed E-state index contributed by atoms with van der Waals surface area (Å²) in [6.45, 7) is 0.699. The number of carbonyl (C=O) groups is 2. The van der Waals surface area contributed by atoms with Crippen LogP contribution in [0.4, 0.5) is 0 Å². The first-order chi connectivity index (χ1) is 11.0. The topological polar surface area (TPSA) is 79.2 Å². The number of aromatic nitrogens is 1. The van der Waals surface area contributed by atoms with Gasteiger partial charge in [0.2, 0.25) is 11.8 Å². The Morgan fingerprint density at radius 2 is 2.17 bits per heavy atom. The molecule has 2 heterocycles. The van der Waals surface area contributed by atoms with Gasteiger partial charge in [0.15, 0.2) is 0 Å². The van der Waals surface area contributed by atoms with Crippen molar-refractivity contribution in [3.05, 3.63) is 35.0 Å². The number of benzene rings is 1. The molecule has 0 aliphatic carbocycles. The molecule has 1 atom stereocenters. The summed E-state index contributed by atoms with van der Waals surface area (Å²) < 4.78 is 0. The van der Waals surface area contributed by atoms with Crippen LogP contribution in [0.25, 0.3) is 10.9 Å². The number of hydrogen-bond acceptors (Lipinski definition) is 2. The van der Waals surface area contributed by atoms with E-state index in [4.69, 9.17) is 17.3 Å². The Labute approximate surface area is 139 Å². The zero-order valence-corrected chi connectivity index (χ0v) is 13.6. The number of primary amides is 1. The first-order valence-corrected chi connectivity index (χ1v) is 8.25. The van der Waals surface area contributed by atoms with Crippen molar-refractivity contribution in [2.75, 3.05) is 6.54 Å². The molecule has 5 nitrogen and oxygen atoms in total. The summed E-state index contributed by atoms with van der Waals surface area (Å²) >= 11 is 5.98. The first-order valence-electron chi connectivity index (χ1n) is 7.88. The second-order valence-corrected chi connectivity index (χ2v) is 6.52. The fraction of sp³-hybridized carbons (Fsp3) is 0.412. The Bertz CT molecular complexity index is 741. The lowest BCUT2D eigenvalue weighted by atomic mass is 9.98. The Morgan fingerprint density at radius 3 is 2.96 bits per heavy atom. The molecule has 3 rings (SSSR count). The van der Waals surface area contributed by atoms with Gasteiger partial charge in [-0.25, -0.2) is 0 Å².